The standard InChI is InChI=1S/C19H24N4S/c1-19(2,3)18-22-15(13-24-18)12-21-16(14-8-6-5-7-9-14)17-20-10-11-23(17)4/h5-11,13,16,21H,12H2,1-4H3. The molecule has 0 aliphatic heterocycles. The van der Waals surface area contributed by atoms with Crippen LogP contribution < -0.4 is 5.32 Å². The molecule has 2 heterocycles. The first kappa shape index (κ1) is 16.9. The van der Waals surface area contributed by atoms with Crippen LogP contribution >= 0.6 is 11.3 Å². The van der Waals surface area contributed by atoms with Crippen LogP contribution in [0, 0.1) is 0 Å². The van der Waals surface area contributed by atoms with E-state index in [4.69, 9.17) is 4.98 Å². The maximum Gasteiger partial charge on any atom is 0.130 e. The van der Waals surface area contributed by atoms with Crippen molar-refractivity contribution < 1.29 is 0 Å². The third kappa shape index (κ3) is 3.74. The number of aryl methyl sites for hydroxylation is 1. The fourth-order valence-corrected chi connectivity index (χ4v) is 3.51. The number of benzene rings is 1. The molecule has 126 valence electrons. The third-order valence-electron chi connectivity index (χ3n) is 3.93. The Morgan fingerprint density at radius 2 is 1.96 bits per heavy atom. The summed E-state index contributed by atoms with van der Waals surface area (Å²) in [5, 5.41) is 6.94. The summed E-state index contributed by atoms with van der Waals surface area (Å²) >= 11 is 1.73. The summed E-state index contributed by atoms with van der Waals surface area (Å²) in [6, 6.07) is 10.5. The first-order valence-electron chi connectivity index (χ1n) is 8.15. The number of imidazole rings is 1. The van der Waals surface area contributed by atoms with Crippen LogP contribution in [0.2, 0.25) is 0 Å². The Labute approximate surface area is 147 Å². The highest BCUT2D eigenvalue weighted by Crippen LogP contribution is 2.26. The van der Waals surface area contributed by atoms with Crippen molar-refractivity contribution in [3.05, 3.63) is 70.2 Å². The summed E-state index contributed by atoms with van der Waals surface area (Å²) in [4.78, 5) is 9.31. The van der Waals surface area contributed by atoms with E-state index in [1.165, 1.54) is 10.6 Å². The Hall–Kier alpha value is -1.98. The number of aromatic nitrogens is 3. The molecule has 24 heavy (non-hydrogen) atoms. The van der Waals surface area contributed by atoms with Gasteiger partial charge in [-0.25, -0.2) is 9.97 Å². The molecule has 2 aromatic heterocycles. The molecule has 0 bridgehead atoms. The van der Waals surface area contributed by atoms with E-state index in [9.17, 15) is 0 Å². The van der Waals surface area contributed by atoms with Gasteiger partial charge in [0.2, 0.25) is 0 Å². The normalized spacial score (nSPS) is 13.2. The largest absolute Gasteiger partial charge is 0.336 e. The van der Waals surface area contributed by atoms with Gasteiger partial charge >= 0.3 is 0 Å². The molecule has 3 rings (SSSR count). The van der Waals surface area contributed by atoms with Gasteiger partial charge in [-0.2, -0.15) is 0 Å². The quantitative estimate of drug-likeness (QED) is 0.762. The van der Waals surface area contributed by atoms with Gasteiger partial charge in [0, 0.05) is 36.8 Å². The summed E-state index contributed by atoms with van der Waals surface area (Å²) in [6.07, 6.45) is 3.82. The van der Waals surface area contributed by atoms with Crippen molar-refractivity contribution in [1.82, 2.24) is 19.9 Å². The van der Waals surface area contributed by atoms with Gasteiger partial charge in [0.15, 0.2) is 0 Å². The van der Waals surface area contributed by atoms with E-state index in [0.29, 0.717) is 0 Å². The Kier molecular flexibility index (Phi) is 4.83. The van der Waals surface area contributed by atoms with Gasteiger partial charge in [0.1, 0.15) is 5.82 Å². The second-order valence-corrected chi connectivity index (χ2v) is 7.87. The smallest absolute Gasteiger partial charge is 0.130 e. The van der Waals surface area contributed by atoms with Gasteiger partial charge < -0.3 is 4.57 Å². The molecule has 1 N–H and O–H groups in total. The van der Waals surface area contributed by atoms with E-state index in [0.717, 1.165) is 18.1 Å². The van der Waals surface area contributed by atoms with E-state index >= 15 is 0 Å². The molecule has 0 spiro atoms. The minimum Gasteiger partial charge on any atom is -0.336 e. The zero-order valence-electron chi connectivity index (χ0n) is 14.7. The highest BCUT2D eigenvalue weighted by atomic mass is 32.1. The van der Waals surface area contributed by atoms with Gasteiger partial charge in [0.05, 0.1) is 16.7 Å². The second-order valence-electron chi connectivity index (χ2n) is 7.01. The van der Waals surface area contributed by atoms with Crippen LogP contribution in [-0.2, 0) is 19.0 Å². The van der Waals surface area contributed by atoms with Crippen LogP contribution in [0.1, 0.15) is 48.9 Å². The Balaban J connectivity index is 1.81. The van der Waals surface area contributed by atoms with E-state index in [2.05, 4.69) is 65.3 Å². The van der Waals surface area contributed by atoms with Crippen LogP contribution in [0.4, 0.5) is 0 Å². The lowest BCUT2D eigenvalue weighted by Crippen LogP contribution is -2.25. The fraction of sp³-hybridized carbons (Fsp3) is 0.368. The predicted octanol–water partition coefficient (Wildman–Crippen LogP) is 4.05. The maximum absolute atomic E-state index is 4.78. The number of hydrogen-bond acceptors (Lipinski definition) is 4. The van der Waals surface area contributed by atoms with Gasteiger partial charge in [-0.1, -0.05) is 51.1 Å². The number of hydrogen-bond donors (Lipinski definition) is 1. The SMILES string of the molecule is Cn1ccnc1C(NCc1csc(C(C)(C)C)n1)c1ccccc1. The molecular weight excluding hydrogens is 316 g/mol. The summed E-state index contributed by atoms with van der Waals surface area (Å²) in [6.45, 7) is 7.32. The molecule has 0 aliphatic rings. The van der Waals surface area contributed by atoms with Crippen molar-refractivity contribution in [2.45, 2.75) is 38.8 Å². The minimum atomic E-state index is 0.0472. The van der Waals surface area contributed by atoms with Crippen LogP contribution in [0.3, 0.4) is 0 Å². The fourth-order valence-electron chi connectivity index (χ4n) is 2.60. The summed E-state index contributed by atoms with van der Waals surface area (Å²) in [5.41, 5.74) is 2.39. The molecule has 1 atom stereocenters. The number of nitrogens with zero attached hydrogens (tertiary/aromatic N) is 3. The zero-order chi connectivity index (χ0) is 17.2. The van der Waals surface area contributed by atoms with Gasteiger partial charge in [0.25, 0.3) is 0 Å². The first-order chi connectivity index (χ1) is 11.4. The third-order valence-corrected chi connectivity index (χ3v) is 5.25. The zero-order valence-corrected chi connectivity index (χ0v) is 15.5. The molecule has 5 heteroatoms. The number of rotatable bonds is 5. The van der Waals surface area contributed by atoms with E-state index < -0.39 is 0 Å². The monoisotopic (exact) mass is 340 g/mol. The minimum absolute atomic E-state index is 0.0472. The van der Waals surface area contributed by atoms with Crippen LogP contribution in [0.5, 0.6) is 0 Å². The second kappa shape index (κ2) is 6.87. The molecule has 0 fully saturated rings. The summed E-state index contributed by atoms with van der Waals surface area (Å²) < 4.78 is 2.06. The highest BCUT2D eigenvalue weighted by molar-refractivity contribution is 7.09. The molecule has 0 aliphatic carbocycles. The van der Waals surface area contributed by atoms with E-state index in [-0.39, 0.29) is 11.5 Å². The van der Waals surface area contributed by atoms with Gasteiger partial charge in [-0.05, 0) is 5.56 Å². The first-order valence-corrected chi connectivity index (χ1v) is 9.03. The highest BCUT2D eigenvalue weighted by Gasteiger charge is 2.20. The van der Waals surface area contributed by atoms with Gasteiger partial charge in [-0.3, -0.25) is 5.32 Å². The maximum atomic E-state index is 4.78. The lowest BCUT2D eigenvalue weighted by atomic mass is 9.98. The molecule has 1 unspecified atom stereocenters. The summed E-state index contributed by atoms with van der Waals surface area (Å²) in [7, 11) is 2.03. The lowest BCUT2D eigenvalue weighted by molar-refractivity contribution is 0.546. The van der Waals surface area contributed by atoms with Crippen LogP contribution in [0.15, 0.2) is 48.1 Å². The van der Waals surface area contributed by atoms with Crippen molar-refractivity contribution >= 4 is 11.3 Å². The van der Waals surface area contributed by atoms with Gasteiger partial charge in [-0.15, -0.1) is 11.3 Å². The molecule has 4 nitrogen and oxygen atoms in total. The van der Waals surface area contributed by atoms with Crippen molar-refractivity contribution in [1.29, 1.82) is 0 Å². The number of thiazole rings is 1. The average Bonchev–Trinajstić information content (AvgIpc) is 3.18. The molecule has 0 amide bonds. The lowest BCUT2D eigenvalue weighted by Gasteiger charge is -2.19. The van der Waals surface area contributed by atoms with Crippen molar-refractivity contribution in [3.8, 4) is 0 Å². The Morgan fingerprint density at radius 3 is 2.54 bits per heavy atom. The average molecular weight is 340 g/mol. The van der Waals surface area contributed by atoms with E-state index in [1.807, 2.05) is 25.5 Å². The Morgan fingerprint density at radius 1 is 1.21 bits per heavy atom. The summed E-state index contributed by atoms with van der Waals surface area (Å²) in [5.74, 6) is 1.01. The van der Waals surface area contributed by atoms with Crippen LogP contribution in [-0.4, -0.2) is 14.5 Å². The molecule has 0 saturated heterocycles. The molecule has 0 radical (unpaired) electrons. The predicted molar refractivity (Wildman–Crippen MR) is 99.1 cm³/mol. The van der Waals surface area contributed by atoms with Crippen molar-refractivity contribution in [3.63, 3.8) is 0 Å². The van der Waals surface area contributed by atoms with Crippen molar-refractivity contribution in [2.75, 3.05) is 0 Å². The molecule has 1 aromatic carbocycles. The molecule has 0 saturated carbocycles. The Bertz CT molecular complexity index is 783. The van der Waals surface area contributed by atoms with Crippen LogP contribution in [0.25, 0.3) is 0 Å². The topological polar surface area (TPSA) is 42.7 Å². The molecule has 3 aromatic rings. The molecular formula is C19H24N4S. The number of nitrogens with one attached hydrogen (secondary N) is 1. The van der Waals surface area contributed by atoms with Crippen molar-refractivity contribution in [2.24, 2.45) is 7.05 Å². The van der Waals surface area contributed by atoms with E-state index in [1.54, 1.807) is 11.3 Å².